The summed E-state index contributed by atoms with van der Waals surface area (Å²) >= 11 is 0. The van der Waals surface area contributed by atoms with Crippen molar-refractivity contribution in [2.45, 2.75) is 38.5 Å². The number of hydrogen-bond acceptors (Lipinski definition) is 4. The van der Waals surface area contributed by atoms with Crippen molar-refractivity contribution in [3.8, 4) is 0 Å². The Labute approximate surface area is 112 Å². The molecule has 110 valence electrons. The molecular formula is C14H31NO3. The quantitative estimate of drug-likeness (QED) is 0.485. The van der Waals surface area contributed by atoms with Crippen molar-refractivity contribution in [3.63, 3.8) is 0 Å². The fourth-order valence-electron chi connectivity index (χ4n) is 1.95. The van der Waals surface area contributed by atoms with Gasteiger partial charge in [0.1, 0.15) is 0 Å². The van der Waals surface area contributed by atoms with Crippen LogP contribution in [0.15, 0.2) is 0 Å². The number of unbranched alkanes of at least 4 members (excludes halogenated alkanes) is 3. The van der Waals surface area contributed by atoms with Crippen LogP contribution in [0.25, 0.3) is 0 Å². The van der Waals surface area contributed by atoms with Gasteiger partial charge < -0.3 is 19.5 Å². The standard InChI is InChI=1S/C14H31NO3/c1-17-13-7-4-10-15(9-3-6-12-16)11-5-8-14-18-2/h16H,3-14H2,1-2H3. The Bertz CT molecular complexity index is 144. The second-order valence-corrected chi connectivity index (χ2v) is 4.67. The summed E-state index contributed by atoms with van der Waals surface area (Å²) in [6, 6.07) is 0. The second-order valence-electron chi connectivity index (χ2n) is 4.67. The third kappa shape index (κ3) is 12.3. The lowest BCUT2D eigenvalue weighted by Crippen LogP contribution is -2.27. The lowest BCUT2D eigenvalue weighted by atomic mass is 10.2. The molecule has 0 atom stereocenters. The molecule has 0 saturated heterocycles. The smallest absolute Gasteiger partial charge is 0.0462 e. The first kappa shape index (κ1) is 17.8. The monoisotopic (exact) mass is 261 g/mol. The molecule has 0 fully saturated rings. The minimum atomic E-state index is 0.307. The van der Waals surface area contributed by atoms with E-state index in [9.17, 15) is 0 Å². The molecule has 0 unspecified atom stereocenters. The van der Waals surface area contributed by atoms with Crippen molar-refractivity contribution < 1.29 is 14.6 Å². The topological polar surface area (TPSA) is 41.9 Å². The molecule has 0 aromatic rings. The van der Waals surface area contributed by atoms with Crippen molar-refractivity contribution in [1.29, 1.82) is 0 Å². The summed E-state index contributed by atoms with van der Waals surface area (Å²) in [5.74, 6) is 0. The molecule has 0 bridgehead atoms. The fraction of sp³-hybridized carbons (Fsp3) is 1.00. The Kier molecular flexibility index (Phi) is 14.8. The van der Waals surface area contributed by atoms with Crippen molar-refractivity contribution in [1.82, 2.24) is 4.90 Å². The highest BCUT2D eigenvalue weighted by Crippen LogP contribution is 2.02. The van der Waals surface area contributed by atoms with Crippen LogP contribution in [0, 0.1) is 0 Å². The molecular weight excluding hydrogens is 230 g/mol. The summed E-state index contributed by atoms with van der Waals surface area (Å²) < 4.78 is 10.1. The van der Waals surface area contributed by atoms with Gasteiger partial charge in [0, 0.05) is 34.0 Å². The third-order valence-corrected chi connectivity index (χ3v) is 3.03. The average Bonchev–Trinajstić information content (AvgIpc) is 2.39. The van der Waals surface area contributed by atoms with Crippen LogP contribution >= 0.6 is 0 Å². The van der Waals surface area contributed by atoms with Gasteiger partial charge in [-0.25, -0.2) is 0 Å². The molecule has 0 radical (unpaired) electrons. The molecule has 0 heterocycles. The van der Waals surface area contributed by atoms with Crippen molar-refractivity contribution >= 4 is 0 Å². The van der Waals surface area contributed by atoms with E-state index in [1.165, 1.54) is 12.8 Å². The number of hydrogen-bond donors (Lipinski definition) is 1. The molecule has 0 spiro atoms. The predicted molar refractivity (Wildman–Crippen MR) is 75.0 cm³/mol. The zero-order chi connectivity index (χ0) is 13.5. The summed E-state index contributed by atoms with van der Waals surface area (Å²) in [5.41, 5.74) is 0. The molecule has 0 aromatic heterocycles. The lowest BCUT2D eigenvalue weighted by molar-refractivity contribution is 0.172. The molecule has 4 nitrogen and oxygen atoms in total. The molecule has 4 heteroatoms. The summed E-state index contributed by atoms with van der Waals surface area (Å²) in [6.07, 6.45) is 6.64. The van der Waals surface area contributed by atoms with Crippen molar-refractivity contribution in [2.75, 3.05) is 53.7 Å². The normalized spacial score (nSPS) is 11.3. The fourth-order valence-corrected chi connectivity index (χ4v) is 1.95. The number of methoxy groups -OCH3 is 2. The summed E-state index contributed by atoms with van der Waals surface area (Å²) in [6.45, 7) is 5.40. The van der Waals surface area contributed by atoms with E-state index in [1.807, 2.05) is 0 Å². The van der Waals surface area contributed by atoms with Crippen LogP contribution in [0.5, 0.6) is 0 Å². The first-order valence-corrected chi connectivity index (χ1v) is 7.16. The zero-order valence-corrected chi connectivity index (χ0v) is 12.2. The Morgan fingerprint density at radius 3 is 1.56 bits per heavy atom. The van der Waals surface area contributed by atoms with E-state index >= 15 is 0 Å². The molecule has 0 amide bonds. The molecule has 0 rings (SSSR count). The van der Waals surface area contributed by atoms with Crippen LogP contribution < -0.4 is 0 Å². The Morgan fingerprint density at radius 1 is 0.722 bits per heavy atom. The highest BCUT2D eigenvalue weighted by molar-refractivity contribution is 4.59. The van der Waals surface area contributed by atoms with Crippen LogP contribution in [-0.4, -0.2) is 63.7 Å². The molecule has 0 aliphatic heterocycles. The van der Waals surface area contributed by atoms with E-state index < -0.39 is 0 Å². The molecule has 18 heavy (non-hydrogen) atoms. The van der Waals surface area contributed by atoms with Gasteiger partial charge >= 0.3 is 0 Å². The van der Waals surface area contributed by atoms with Gasteiger partial charge in [-0.2, -0.15) is 0 Å². The maximum Gasteiger partial charge on any atom is 0.0462 e. The van der Waals surface area contributed by atoms with E-state index in [-0.39, 0.29) is 0 Å². The minimum absolute atomic E-state index is 0.307. The van der Waals surface area contributed by atoms with Gasteiger partial charge in [0.2, 0.25) is 0 Å². The van der Waals surface area contributed by atoms with E-state index in [0.717, 1.165) is 58.5 Å². The first-order valence-electron chi connectivity index (χ1n) is 7.16. The number of aliphatic hydroxyl groups is 1. The van der Waals surface area contributed by atoms with E-state index in [1.54, 1.807) is 14.2 Å². The summed E-state index contributed by atoms with van der Waals surface area (Å²) in [5, 5.41) is 8.82. The van der Waals surface area contributed by atoms with Gasteiger partial charge in [0.15, 0.2) is 0 Å². The molecule has 0 aliphatic rings. The van der Waals surface area contributed by atoms with Gasteiger partial charge in [0.05, 0.1) is 0 Å². The SMILES string of the molecule is COCCCCN(CCCCO)CCCCOC. The van der Waals surface area contributed by atoms with Gasteiger partial charge in [-0.15, -0.1) is 0 Å². The minimum Gasteiger partial charge on any atom is -0.396 e. The van der Waals surface area contributed by atoms with E-state index in [2.05, 4.69) is 4.90 Å². The maximum absolute atomic E-state index is 8.82. The van der Waals surface area contributed by atoms with Crippen LogP contribution in [0.3, 0.4) is 0 Å². The highest BCUT2D eigenvalue weighted by Gasteiger charge is 2.04. The number of ether oxygens (including phenoxy) is 2. The Morgan fingerprint density at radius 2 is 1.17 bits per heavy atom. The summed E-state index contributed by atoms with van der Waals surface area (Å²) in [7, 11) is 3.51. The van der Waals surface area contributed by atoms with Gasteiger partial charge in [-0.05, 0) is 58.2 Å². The van der Waals surface area contributed by atoms with Gasteiger partial charge in [-0.1, -0.05) is 0 Å². The van der Waals surface area contributed by atoms with Crippen LogP contribution in [0.1, 0.15) is 38.5 Å². The van der Waals surface area contributed by atoms with Crippen LogP contribution in [-0.2, 0) is 9.47 Å². The van der Waals surface area contributed by atoms with Crippen molar-refractivity contribution in [3.05, 3.63) is 0 Å². The van der Waals surface area contributed by atoms with Crippen LogP contribution in [0.2, 0.25) is 0 Å². The highest BCUT2D eigenvalue weighted by atomic mass is 16.5. The second kappa shape index (κ2) is 14.9. The van der Waals surface area contributed by atoms with Crippen LogP contribution in [0.4, 0.5) is 0 Å². The van der Waals surface area contributed by atoms with E-state index in [0.29, 0.717) is 6.61 Å². The molecule has 1 N–H and O–H groups in total. The number of rotatable bonds is 14. The number of nitrogens with zero attached hydrogens (tertiary/aromatic N) is 1. The average molecular weight is 261 g/mol. The Balaban J connectivity index is 3.62. The van der Waals surface area contributed by atoms with Gasteiger partial charge in [-0.3, -0.25) is 0 Å². The molecule has 0 saturated carbocycles. The van der Waals surface area contributed by atoms with E-state index in [4.69, 9.17) is 14.6 Å². The largest absolute Gasteiger partial charge is 0.396 e. The third-order valence-electron chi connectivity index (χ3n) is 3.03. The Hall–Kier alpha value is -0.160. The first-order chi connectivity index (χ1) is 8.85. The maximum atomic E-state index is 8.82. The van der Waals surface area contributed by atoms with Gasteiger partial charge in [0.25, 0.3) is 0 Å². The zero-order valence-electron chi connectivity index (χ0n) is 12.2. The lowest BCUT2D eigenvalue weighted by Gasteiger charge is -2.22. The molecule has 0 aliphatic carbocycles. The molecule has 0 aromatic carbocycles. The number of aliphatic hydroxyl groups excluding tert-OH is 1. The summed E-state index contributed by atoms with van der Waals surface area (Å²) in [4.78, 5) is 2.50. The van der Waals surface area contributed by atoms with Crippen molar-refractivity contribution in [2.24, 2.45) is 0 Å². The predicted octanol–water partition coefficient (Wildman–Crippen LogP) is 1.91.